The molecule has 0 spiro atoms. The summed E-state index contributed by atoms with van der Waals surface area (Å²) in [6.45, 7) is 6.35. The van der Waals surface area contributed by atoms with Crippen LogP contribution >= 0.6 is 12.4 Å². The molecule has 6 N–H and O–H groups in total. The van der Waals surface area contributed by atoms with Crippen molar-refractivity contribution in [3.8, 4) is 5.75 Å². The number of hydrogen-bond acceptors (Lipinski definition) is 5. The molecule has 1 fully saturated rings. The van der Waals surface area contributed by atoms with E-state index in [-0.39, 0.29) is 24.4 Å². The second-order valence-corrected chi connectivity index (χ2v) is 6.70. The molecule has 1 aromatic rings. The first kappa shape index (κ1) is 22.0. The third kappa shape index (κ3) is 3.87. The fraction of sp³-hybridized carbons (Fsp3) is 0.529. The van der Waals surface area contributed by atoms with Crippen LogP contribution in [0, 0.1) is 5.41 Å². The third-order valence-corrected chi connectivity index (χ3v) is 4.95. The van der Waals surface area contributed by atoms with Crippen molar-refractivity contribution in [2.75, 3.05) is 24.4 Å². The highest BCUT2D eigenvalue weighted by atomic mass is 35.5. The van der Waals surface area contributed by atoms with Crippen molar-refractivity contribution >= 4 is 35.7 Å². The molecule has 8 nitrogen and oxygen atoms in total. The number of urea groups is 1. The maximum Gasteiger partial charge on any atom is 0.316 e. The molecular weight excluding hydrogens is 360 g/mol. The van der Waals surface area contributed by atoms with Crippen molar-refractivity contribution in [3.05, 3.63) is 18.2 Å². The van der Waals surface area contributed by atoms with Crippen molar-refractivity contribution in [3.63, 3.8) is 0 Å². The Hall–Kier alpha value is -2.03. The number of nitrogens with two attached hydrogens (primary N) is 2. The highest BCUT2D eigenvalue weighted by Gasteiger charge is 2.62. The number of ether oxygens (including phenoxy) is 2. The van der Waals surface area contributed by atoms with Crippen LogP contribution in [0.1, 0.15) is 27.2 Å². The van der Waals surface area contributed by atoms with Crippen molar-refractivity contribution in [2.45, 2.75) is 38.8 Å². The Bertz CT molecular complexity index is 683. The van der Waals surface area contributed by atoms with Gasteiger partial charge in [0.2, 0.25) is 5.91 Å². The lowest BCUT2D eigenvalue weighted by atomic mass is 9.54. The van der Waals surface area contributed by atoms with Crippen LogP contribution < -0.4 is 26.8 Å². The molecule has 146 valence electrons. The van der Waals surface area contributed by atoms with Gasteiger partial charge in [0.25, 0.3) is 0 Å². The highest BCUT2D eigenvalue weighted by Crippen LogP contribution is 2.50. The monoisotopic (exact) mass is 386 g/mol. The van der Waals surface area contributed by atoms with Crippen LogP contribution in [0.5, 0.6) is 5.75 Å². The van der Waals surface area contributed by atoms with Gasteiger partial charge < -0.3 is 31.6 Å². The van der Waals surface area contributed by atoms with Gasteiger partial charge in [-0.05, 0) is 19.1 Å². The van der Waals surface area contributed by atoms with Crippen LogP contribution in [-0.4, -0.2) is 37.3 Å². The zero-order valence-corrected chi connectivity index (χ0v) is 16.2. The number of amides is 3. The van der Waals surface area contributed by atoms with E-state index >= 15 is 0 Å². The number of methoxy groups -OCH3 is 1. The largest absolute Gasteiger partial charge is 0.494 e. The predicted octanol–water partition coefficient (Wildman–Crippen LogP) is 2.08. The predicted molar refractivity (Wildman–Crippen MR) is 103 cm³/mol. The zero-order chi connectivity index (χ0) is 18.8. The van der Waals surface area contributed by atoms with E-state index in [0.29, 0.717) is 30.2 Å². The number of benzene rings is 1. The van der Waals surface area contributed by atoms with Crippen LogP contribution in [-0.2, 0) is 9.53 Å². The second kappa shape index (κ2) is 8.11. The molecule has 1 aliphatic carbocycles. The molecule has 1 saturated carbocycles. The molecule has 0 radical (unpaired) electrons. The Balaban J connectivity index is 0.00000338. The lowest BCUT2D eigenvalue weighted by molar-refractivity contribution is -0.166. The molecule has 1 aromatic carbocycles. The Morgan fingerprint density at radius 3 is 2.46 bits per heavy atom. The summed E-state index contributed by atoms with van der Waals surface area (Å²) in [6.07, 6.45) is 0.405. The van der Waals surface area contributed by atoms with Crippen molar-refractivity contribution < 1.29 is 19.1 Å². The molecular formula is C17H27ClN4O4. The first-order chi connectivity index (χ1) is 11.7. The SMILES string of the molecule is CCOC1CC(N)(C(=O)Nc2ccc(NC(N)=O)c(OC)c2)C1(C)C.Cl. The quantitative estimate of drug-likeness (QED) is 0.594. The average molecular weight is 387 g/mol. The summed E-state index contributed by atoms with van der Waals surface area (Å²) in [5.74, 6) is 0.0915. The van der Waals surface area contributed by atoms with Gasteiger partial charge in [-0.25, -0.2) is 4.79 Å². The van der Waals surface area contributed by atoms with Crippen LogP contribution in [0.15, 0.2) is 18.2 Å². The van der Waals surface area contributed by atoms with E-state index < -0.39 is 17.0 Å². The van der Waals surface area contributed by atoms with E-state index in [9.17, 15) is 9.59 Å². The first-order valence-corrected chi connectivity index (χ1v) is 8.12. The summed E-state index contributed by atoms with van der Waals surface area (Å²) in [5.41, 5.74) is 10.9. The summed E-state index contributed by atoms with van der Waals surface area (Å²) in [6, 6.07) is 4.13. The van der Waals surface area contributed by atoms with E-state index in [1.54, 1.807) is 18.2 Å². The van der Waals surface area contributed by atoms with Gasteiger partial charge in [0.05, 0.1) is 18.9 Å². The molecule has 0 aromatic heterocycles. The van der Waals surface area contributed by atoms with E-state index in [1.807, 2.05) is 20.8 Å². The molecule has 2 atom stereocenters. The summed E-state index contributed by atoms with van der Waals surface area (Å²) in [7, 11) is 1.46. The fourth-order valence-electron chi connectivity index (χ4n) is 3.07. The number of anilines is 2. The molecule has 0 bridgehead atoms. The van der Waals surface area contributed by atoms with Crippen molar-refractivity contribution in [1.82, 2.24) is 0 Å². The lowest BCUT2D eigenvalue weighted by Crippen LogP contribution is -2.74. The molecule has 26 heavy (non-hydrogen) atoms. The van der Waals surface area contributed by atoms with Gasteiger partial charge in [-0.15, -0.1) is 12.4 Å². The molecule has 2 unspecified atom stereocenters. The first-order valence-electron chi connectivity index (χ1n) is 8.12. The number of rotatable bonds is 6. The molecule has 0 saturated heterocycles. The standard InChI is InChI=1S/C17H26N4O4.ClH/c1-5-25-13-9-17(19,16(13,2)3)14(22)20-10-6-7-11(21-15(18)23)12(8-10)24-4;/h6-8,13H,5,9,19H2,1-4H3,(H,20,22)(H3,18,21,23);1H. The molecule has 9 heteroatoms. The van der Waals surface area contributed by atoms with Crippen LogP contribution in [0.2, 0.25) is 0 Å². The molecule has 0 aliphatic heterocycles. The minimum atomic E-state index is -1.02. The average Bonchev–Trinajstić information content (AvgIpc) is 2.55. The summed E-state index contributed by atoms with van der Waals surface area (Å²) >= 11 is 0. The van der Waals surface area contributed by atoms with Crippen molar-refractivity contribution in [1.29, 1.82) is 0 Å². The number of primary amides is 1. The molecule has 1 aliphatic rings. The zero-order valence-electron chi connectivity index (χ0n) is 15.4. The number of carbonyl (C=O) groups excluding carboxylic acids is 2. The normalized spacial score (nSPS) is 23.2. The number of carbonyl (C=O) groups is 2. The van der Waals surface area contributed by atoms with E-state index in [0.717, 1.165) is 0 Å². The summed E-state index contributed by atoms with van der Waals surface area (Å²) in [5, 5.41) is 5.26. The third-order valence-electron chi connectivity index (χ3n) is 4.95. The maximum absolute atomic E-state index is 12.7. The lowest BCUT2D eigenvalue weighted by Gasteiger charge is -2.57. The van der Waals surface area contributed by atoms with E-state index in [1.165, 1.54) is 7.11 Å². The fourth-order valence-corrected chi connectivity index (χ4v) is 3.07. The Kier molecular flexibility index (Phi) is 6.87. The molecule has 3 amide bonds. The van der Waals surface area contributed by atoms with E-state index in [4.69, 9.17) is 20.9 Å². The minimum absolute atomic E-state index is 0. The minimum Gasteiger partial charge on any atom is -0.494 e. The van der Waals surface area contributed by atoms with Gasteiger partial charge in [0, 0.05) is 30.2 Å². The maximum atomic E-state index is 12.7. The Labute approximate surface area is 159 Å². The highest BCUT2D eigenvalue weighted by molar-refractivity contribution is 6.00. The van der Waals surface area contributed by atoms with Crippen molar-refractivity contribution in [2.24, 2.45) is 16.9 Å². The van der Waals surface area contributed by atoms with Crippen LogP contribution in [0.4, 0.5) is 16.2 Å². The van der Waals surface area contributed by atoms with E-state index in [2.05, 4.69) is 10.6 Å². The van der Waals surface area contributed by atoms with Gasteiger partial charge in [0.15, 0.2) is 0 Å². The molecule has 2 rings (SSSR count). The Morgan fingerprint density at radius 1 is 1.31 bits per heavy atom. The topological polar surface area (TPSA) is 129 Å². The number of halogens is 1. The molecule has 0 heterocycles. The van der Waals surface area contributed by atoms with Crippen LogP contribution in [0.3, 0.4) is 0 Å². The van der Waals surface area contributed by atoms with Gasteiger partial charge in [0.1, 0.15) is 11.3 Å². The Morgan fingerprint density at radius 2 is 1.96 bits per heavy atom. The van der Waals surface area contributed by atoms with Gasteiger partial charge in [-0.3, -0.25) is 4.79 Å². The smallest absolute Gasteiger partial charge is 0.316 e. The summed E-state index contributed by atoms with van der Waals surface area (Å²) in [4.78, 5) is 23.7. The number of hydrogen-bond donors (Lipinski definition) is 4. The second-order valence-electron chi connectivity index (χ2n) is 6.70. The number of nitrogens with one attached hydrogen (secondary N) is 2. The van der Waals surface area contributed by atoms with Gasteiger partial charge in [-0.2, -0.15) is 0 Å². The van der Waals surface area contributed by atoms with Gasteiger partial charge >= 0.3 is 6.03 Å². The van der Waals surface area contributed by atoms with Gasteiger partial charge in [-0.1, -0.05) is 13.8 Å². The summed E-state index contributed by atoms with van der Waals surface area (Å²) < 4.78 is 10.9. The van der Waals surface area contributed by atoms with Crippen LogP contribution in [0.25, 0.3) is 0 Å².